The third-order valence-corrected chi connectivity index (χ3v) is 3.16. The predicted octanol–water partition coefficient (Wildman–Crippen LogP) is 0.121. The van der Waals surface area contributed by atoms with E-state index in [1.165, 1.54) is 0 Å². The van der Waals surface area contributed by atoms with Crippen molar-refractivity contribution in [1.29, 1.82) is 0 Å². The van der Waals surface area contributed by atoms with Gasteiger partial charge in [0.2, 0.25) is 5.91 Å². The Kier molecular flexibility index (Phi) is 10.4. The van der Waals surface area contributed by atoms with Gasteiger partial charge in [-0.05, 0) is 26.2 Å². The largest absolute Gasteiger partial charge is 0.382 e. The quantitative estimate of drug-likeness (QED) is 0.271. The first-order valence-corrected chi connectivity index (χ1v) is 8.14. The zero-order valence-electron chi connectivity index (χ0n) is 13.8. The molecule has 0 radical (unpaired) electrons. The minimum atomic E-state index is 0.178. The van der Waals surface area contributed by atoms with Crippen molar-refractivity contribution in [2.45, 2.75) is 26.2 Å². The van der Waals surface area contributed by atoms with Crippen LogP contribution in [0.25, 0.3) is 0 Å². The van der Waals surface area contributed by atoms with Gasteiger partial charge in [-0.25, -0.2) is 0 Å². The maximum atomic E-state index is 11.5. The molecule has 1 aliphatic rings. The lowest BCUT2D eigenvalue weighted by Gasteiger charge is -2.11. The fraction of sp³-hybridized carbons (Fsp3) is 0.867. The van der Waals surface area contributed by atoms with Crippen LogP contribution in [0.3, 0.4) is 0 Å². The summed E-state index contributed by atoms with van der Waals surface area (Å²) in [7, 11) is 1.66. The van der Waals surface area contributed by atoms with Crippen LogP contribution in [0.2, 0.25) is 0 Å². The molecule has 128 valence electrons. The Labute approximate surface area is 133 Å². The number of methoxy groups -OCH3 is 1. The monoisotopic (exact) mass is 314 g/mol. The molecule has 22 heavy (non-hydrogen) atoms. The molecule has 0 aromatic rings. The molecule has 0 atom stereocenters. The molecule has 7 nitrogen and oxygen atoms in total. The number of hydrogen-bond acceptors (Lipinski definition) is 4. The van der Waals surface area contributed by atoms with E-state index in [1.54, 1.807) is 7.11 Å². The van der Waals surface area contributed by atoms with Crippen molar-refractivity contribution in [1.82, 2.24) is 16.0 Å². The standard InChI is InChI=1S/C15H30N4O3/c1-3-16-15(18-7-4-10-22-12-11-21-2)19-9-8-17-14(20)13-5-6-13/h13H,3-12H2,1-2H3,(H,17,20)(H2,16,18,19). The SMILES string of the molecule is CCNC(=NCCCOCCOC)NCCNC(=O)C1CC1. The van der Waals surface area contributed by atoms with Gasteiger partial charge in [0.25, 0.3) is 0 Å². The molecule has 0 saturated heterocycles. The topological polar surface area (TPSA) is 84.0 Å². The summed E-state index contributed by atoms with van der Waals surface area (Å²) in [5.41, 5.74) is 0. The van der Waals surface area contributed by atoms with E-state index in [4.69, 9.17) is 9.47 Å². The van der Waals surface area contributed by atoms with Crippen molar-refractivity contribution >= 4 is 11.9 Å². The molecule has 0 unspecified atom stereocenters. The number of carbonyl (C=O) groups is 1. The Hall–Kier alpha value is -1.34. The number of ether oxygens (including phenoxy) is 2. The number of amides is 1. The van der Waals surface area contributed by atoms with Gasteiger partial charge in [-0.15, -0.1) is 0 Å². The van der Waals surface area contributed by atoms with Crippen LogP contribution in [0.5, 0.6) is 0 Å². The number of nitrogens with one attached hydrogen (secondary N) is 3. The van der Waals surface area contributed by atoms with Crippen molar-refractivity contribution < 1.29 is 14.3 Å². The molecule has 0 aromatic carbocycles. The fourth-order valence-electron chi connectivity index (χ4n) is 1.80. The number of aliphatic imine (C=N–C) groups is 1. The van der Waals surface area contributed by atoms with E-state index >= 15 is 0 Å². The summed E-state index contributed by atoms with van der Waals surface area (Å²) in [5.74, 6) is 1.22. The molecule has 1 saturated carbocycles. The second kappa shape index (κ2) is 12.2. The highest BCUT2D eigenvalue weighted by Crippen LogP contribution is 2.28. The van der Waals surface area contributed by atoms with Crippen molar-refractivity contribution in [2.75, 3.05) is 53.1 Å². The number of hydrogen-bond donors (Lipinski definition) is 3. The summed E-state index contributed by atoms with van der Waals surface area (Å²) in [6.07, 6.45) is 2.95. The van der Waals surface area contributed by atoms with Crippen LogP contribution in [0, 0.1) is 5.92 Å². The van der Waals surface area contributed by atoms with Gasteiger partial charge in [0, 0.05) is 45.8 Å². The fourth-order valence-corrected chi connectivity index (χ4v) is 1.80. The van der Waals surface area contributed by atoms with Gasteiger partial charge in [-0.3, -0.25) is 9.79 Å². The molecule has 3 N–H and O–H groups in total. The highest BCUT2D eigenvalue weighted by molar-refractivity contribution is 5.81. The van der Waals surface area contributed by atoms with E-state index in [0.29, 0.717) is 39.5 Å². The number of carbonyl (C=O) groups excluding carboxylic acids is 1. The van der Waals surface area contributed by atoms with Crippen LogP contribution in [0.4, 0.5) is 0 Å². The highest BCUT2D eigenvalue weighted by Gasteiger charge is 2.28. The van der Waals surface area contributed by atoms with Crippen LogP contribution in [0.1, 0.15) is 26.2 Å². The molecule has 0 aromatic heterocycles. The lowest BCUT2D eigenvalue weighted by molar-refractivity contribution is -0.122. The second-order valence-electron chi connectivity index (χ2n) is 5.21. The van der Waals surface area contributed by atoms with Gasteiger partial charge < -0.3 is 25.4 Å². The van der Waals surface area contributed by atoms with Crippen molar-refractivity contribution in [3.63, 3.8) is 0 Å². The zero-order chi connectivity index (χ0) is 16.0. The van der Waals surface area contributed by atoms with Crippen LogP contribution >= 0.6 is 0 Å². The van der Waals surface area contributed by atoms with Gasteiger partial charge in [-0.2, -0.15) is 0 Å². The molecule has 1 fully saturated rings. The number of rotatable bonds is 12. The Morgan fingerprint density at radius 3 is 2.59 bits per heavy atom. The summed E-state index contributed by atoms with van der Waals surface area (Å²) in [4.78, 5) is 16.0. The average Bonchev–Trinajstić information content (AvgIpc) is 3.35. The molecule has 1 aliphatic carbocycles. The number of nitrogens with zero attached hydrogens (tertiary/aromatic N) is 1. The van der Waals surface area contributed by atoms with E-state index in [-0.39, 0.29) is 11.8 Å². The summed E-state index contributed by atoms with van der Waals surface area (Å²) in [6, 6.07) is 0. The Morgan fingerprint density at radius 1 is 1.14 bits per heavy atom. The van der Waals surface area contributed by atoms with Crippen LogP contribution in [-0.4, -0.2) is 65.0 Å². The first-order chi connectivity index (χ1) is 10.8. The van der Waals surface area contributed by atoms with E-state index < -0.39 is 0 Å². The van der Waals surface area contributed by atoms with E-state index in [2.05, 4.69) is 20.9 Å². The molecule has 1 rings (SSSR count). The van der Waals surface area contributed by atoms with Gasteiger partial charge in [0.05, 0.1) is 13.2 Å². The minimum Gasteiger partial charge on any atom is -0.382 e. The predicted molar refractivity (Wildman–Crippen MR) is 87.0 cm³/mol. The van der Waals surface area contributed by atoms with Crippen molar-refractivity contribution in [3.8, 4) is 0 Å². The van der Waals surface area contributed by atoms with Crippen molar-refractivity contribution in [3.05, 3.63) is 0 Å². The molecule has 7 heteroatoms. The van der Waals surface area contributed by atoms with Gasteiger partial charge >= 0.3 is 0 Å². The van der Waals surface area contributed by atoms with Crippen LogP contribution in [-0.2, 0) is 14.3 Å². The van der Waals surface area contributed by atoms with Crippen LogP contribution < -0.4 is 16.0 Å². The summed E-state index contributed by atoms with van der Waals surface area (Å²) in [6.45, 7) is 6.78. The van der Waals surface area contributed by atoms with Crippen molar-refractivity contribution in [2.24, 2.45) is 10.9 Å². The normalized spacial score (nSPS) is 14.7. The van der Waals surface area contributed by atoms with E-state index in [0.717, 1.165) is 31.8 Å². The molecule has 0 bridgehead atoms. The van der Waals surface area contributed by atoms with E-state index in [9.17, 15) is 4.79 Å². The zero-order valence-corrected chi connectivity index (χ0v) is 13.8. The summed E-state index contributed by atoms with van der Waals surface area (Å²) >= 11 is 0. The first kappa shape index (κ1) is 18.7. The first-order valence-electron chi connectivity index (χ1n) is 8.14. The minimum absolute atomic E-state index is 0.178. The maximum Gasteiger partial charge on any atom is 0.223 e. The third-order valence-electron chi connectivity index (χ3n) is 3.16. The second-order valence-corrected chi connectivity index (χ2v) is 5.21. The van der Waals surface area contributed by atoms with Gasteiger partial charge in [0.15, 0.2) is 5.96 Å². The van der Waals surface area contributed by atoms with E-state index in [1.807, 2.05) is 6.92 Å². The smallest absolute Gasteiger partial charge is 0.223 e. The Balaban J connectivity index is 2.05. The molecule has 0 aliphatic heterocycles. The molecular weight excluding hydrogens is 284 g/mol. The van der Waals surface area contributed by atoms with Crippen LogP contribution in [0.15, 0.2) is 4.99 Å². The Bertz CT molecular complexity index is 333. The average molecular weight is 314 g/mol. The molecule has 0 spiro atoms. The molecular formula is C15H30N4O3. The third kappa shape index (κ3) is 9.57. The van der Waals surface area contributed by atoms with Gasteiger partial charge in [-0.1, -0.05) is 0 Å². The Morgan fingerprint density at radius 2 is 1.91 bits per heavy atom. The number of guanidine groups is 1. The maximum absolute atomic E-state index is 11.5. The molecule has 0 heterocycles. The lowest BCUT2D eigenvalue weighted by atomic mass is 10.4. The highest BCUT2D eigenvalue weighted by atomic mass is 16.5. The summed E-state index contributed by atoms with van der Waals surface area (Å²) < 4.78 is 10.3. The summed E-state index contributed by atoms with van der Waals surface area (Å²) in [5, 5.41) is 9.31. The van der Waals surface area contributed by atoms with Gasteiger partial charge in [0.1, 0.15) is 0 Å². The molecule has 1 amide bonds. The lowest BCUT2D eigenvalue weighted by Crippen LogP contribution is -2.41.